The number of hydrogen-bond acceptors (Lipinski definition) is 4. The van der Waals surface area contributed by atoms with Crippen molar-refractivity contribution in [1.29, 1.82) is 0 Å². The maximum absolute atomic E-state index is 11.3. The first-order valence-electron chi connectivity index (χ1n) is 6.31. The van der Waals surface area contributed by atoms with Crippen molar-refractivity contribution >= 4 is 10.0 Å². The lowest BCUT2D eigenvalue weighted by molar-refractivity contribution is 0.0497. The van der Waals surface area contributed by atoms with Crippen LogP contribution in [0.4, 0.5) is 0 Å². The van der Waals surface area contributed by atoms with E-state index in [4.69, 9.17) is 14.6 Å². The molecule has 0 radical (unpaired) electrons. The largest absolute Gasteiger partial charge is 0.493 e. The molecule has 0 atom stereocenters. The number of benzene rings is 1. The van der Waals surface area contributed by atoms with Gasteiger partial charge in [-0.3, -0.25) is 0 Å². The molecule has 0 spiro atoms. The fourth-order valence-corrected chi connectivity index (χ4v) is 2.92. The zero-order valence-electron chi connectivity index (χ0n) is 11.0. The molecule has 2 rings (SSSR count). The van der Waals surface area contributed by atoms with Crippen molar-refractivity contribution < 1.29 is 17.9 Å². The van der Waals surface area contributed by atoms with Crippen molar-refractivity contribution in [1.82, 2.24) is 0 Å². The molecule has 1 aliphatic heterocycles. The second-order valence-corrected chi connectivity index (χ2v) is 6.37. The molecule has 1 aliphatic rings. The van der Waals surface area contributed by atoms with Crippen LogP contribution in [0.2, 0.25) is 0 Å². The predicted molar refractivity (Wildman–Crippen MR) is 71.6 cm³/mol. The molecule has 1 fully saturated rings. The van der Waals surface area contributed by atoms with Crippen LogP contribution < -0.4 is 9.88 Å². The fourth-order valence-electron chi connectivity index (χ4n) is 2.16. The Bertz CT molecular complexity index is 536. The van der Waals surface area contributed by atoms with Gasteiger partial charge in [0.1, 0.15) is 5.75 Å². The summed E-state index contributed by atoms with van der Waals surface area (Å²) in [5.74, 6) is 1.18. The Hall–Kier alpha value is -1.11. The molecule has 0 aliphatic carbocycles. The Morgan fingerprint density at radius 1 is 1.37 bits per heavy atom. The van der Waals surface area contributed by atoms with Crippen LogP contribution in [-0.4, -0.2) is 28.2 Å². The average molecular weight is 285 g/mol. The van der Waals surface area contributed by atoms with Gasteiger partial charge in [-0.15, -0.1) is 0 Å². The zero-order valence-corrected chi connectivity index (χ0v) is 11.8. The summed E-state index contributed by atoms with van der Waals surface area (Å²) < 4.78 is 33.6. The highest BCUT2D eigenvalue weighted by atomic mass is 32.2. The third kappa shape index (κ3) is 3.92. The van der Waals surface area contributed by atoms with E-state index >= 15 is 0 Å². The standard InChI is InChI=1S/C13H19NO4S/c1-10-8-12(2-3-13(10)19(14,15)16)18-9-11-4-6-17-7-5-11/h2-3,8,11H,4-7,9H2,1H3,(H2,14,15,16). The minimum Gasteiger partial charge on any atom is -0.493 e. The molecular weight excluding hydrogens is 266 g/mol. The van der Waals surface area contributed by atoms with Crippen molar-refractivity contribution in [2.45, 2.75) is 24.7 Å². The first-order valence-corrected chi connectivity index (χ1v) is 7.85. The Labute approximate surface area is 113 Å². The second-order valence-electron chi connectivity index (χ2n) is 4.84. The van der Waals surface area contributed by atoms with Crippen molar-refractivity contribution in [2.75, 3.05) is 19.8 Å². The normalized spacial score (nSPS) is 17.4. The summed E-state index contributed by atoms with van der Waals surface area (Å²) in [7, 11) is -3.66. The van der Waals surface area contributed by atoms with Crippen molar-refractivity contribution in [3.63, 3.8) is 0 Å². The zero-order chi connectivity index (χ0) is 13.9. The van der Waals surface area contributed by atoms with Crippen LogP contribution in [-0.2, 0) is 14.8 Å². The Morgan fingerprint density at radius 3 is 2.63 bits per heavy atom. The van der Waals surface area contributed by atoms with Gasteiger partial charge in [0.05, 0.1) is 11.5 Å². The molecule has 1 aromatic rings. The van der Waals surface area contributed by atoms with Gasteiger partial charge in [-0.1, -0.05) is 0 Å². The van der Waals surface area contributed by atoms with Crippen LogP contribution >= 0.6 is 0 Å². The van der Waals surface area contributed by atoms with E-state index in [2.05, 4.69) is 0 Å². The number of rotatable bonds is 4. The summed E-state index contributed by atoms with van der Waals surface area (Å²) in [4.78, 5) is 0.144. The van der Waals surface area contributed by atoms with Gasteiger partial charge in [0.25, 0.3) is 0 Å². The molecule has 0 amide bonds. The van der Waals surface area contributed by atoms with E-state index in [1.54, 1.807) is 19.1 Å². The summed E-state index contributed by atoms with van der Waals surface area (Å²) in [6.07, 6.45) is 2.02. The first kappa shape index (κ1) is 14.3. The summed E-state index contributed by atoms with van der Waals surface area (Å²) in [6.45, 7) is 3.92. The molecule has 0 bridgehead atoms. The molecule has 0 aromatic heterocycles. The molecule has 5 nitrogen and oxygen atoms in total. The maximum atomic E-state index is 11.3. The maximum Gasteiger partial charge on any atom is 0.238 e. The van der Waals surface area contributed by atoms with Gasteiger partial charge < -0.3 is 9.47 Å². The monoisotopic (exact) mass is 285 g/mol. The molecule has 1 aromatic carbocycles. The number of hydrogen-bond donors (Lipinski definition) is 1. The highest BCUT2D eigenvalue weighted by molar-refractivity contribution is 7.89. The van der Waals surface area contributed by atoms with Crippen LogP contribution in [0.1, 0.15) is 18.4 Å². The predicted octanol–water partition coefficient (Wildman–Crippen LogP) is 1.45. The second kappa shape index (κ2) is 5.90. The van der Waals surface area contributed by atoms with E-state index in [0.717, 1.165) is 26.1 Å². The highest BCUT2D eigenvalue weighted by Crippen LogP contribution is 2.22. The van der Waals surface area contributed by atoms with Crippen molar-refractivity contribution in [2.24, 2.45) is 11.1 Å². The lowest BCUT2D eigenvalue weighted by Gasteiger charge is -2.22. The number of aryl methyl sites for hydroxylation is 1. The van der Waals surface area contributed by atoms with Gasteiger partial charge in [-0.2, -0.15) is 0 Å². The minimum atomic E-state index is -3.66. The number of nitrogens with two attached hydrogens (primary N) is 1. The van der Waals surface area contributed by atoms with Crippen LogP contribution in [0.25, 0.3) is 0 Å². The fraction of sp³-hybridized carbons (Fsp3) is 0.538. The third-order valence-electron chi connectivity index (χ3n) is 3.28. The molecule has 6 heteroatoms. The van der Waals surface area contributed by atoms with Gasteiger partial charge in [0.15, 0.2) is 0 Å². The van der Waals surface area contributed by atoms with E-state index in [9.17, 15) is 8.42 Å². The molecule has 19 heavy (non-hydrogen) atoms. The molecule has 1 saturated heterocycles. The number of primary sulfonamides is 1. The summed E-state index contributed by atoms with van der Waals surface area (Å²) >= 11 is 0. The Morgan fingerprint density at radius 2 is 2.05 bits per heavy atom. The number of ether oxygens (including phenoxy) is 2. The number of sulfonamides is 1. The van der Waals surface area contributed by atoms with Crippen molar-refractivity contribution in [3.8, 4) is 5.75 Å². The van der Waals surface area contributed by atoms with E-state index < -0.39 is 10.0 Å². The van der Waals surface area contributed by atoms with Crippen LogP contribution in [0.5, 0.6) is 5.75 Å². The SMILES string of the molecule is Cc1cc(OCC2CCOCC2)ccc1S(N)(=O)=O. The van der Waals surface area contributed by atoms with Gasteiger partial charge in [-0.05, 0) is 49.4 Å². The summed E-state index contributed by atoms with van der Waals surface area (Å²) in [6, 6.07) is 4.84. The van der Waals surface area contributed by atoms with E-state index in [1.807, 2.05) is 0 Å². The topological polar surface area (TPSA) is 78.6 Å². The van der Waals surface area contributed by atoms with Gasteiger partial charge in [0, 0.05) is 13.2 Å². The van der Waals surface area contributed by atoms with E-state index in [-0.39, 0.29) is 4.90 Å². The van der Waals surface area contributed by atoms with Gasteiger partial charge in [-0.25, -0.2) is 13.6 Å². The summed E-state index contributed by atoms with van der Waals surface area (Å²) in [5.41, 5.74) is 0.604. The molecule has 1 heterocycles. The molecule has 0 unspecified atom stereocenters. The van der Waals surface area contributed by atoms with Crippen LogP contribution in [0, 0.1) is 12.8 Å². The lowest BCUT2D eigenvalue weighted by atomic mass is 10.0. The quantitative estimate of drug-likeness (QED) is 0.908. The lowest BCUT2D eigenvalue weighted by Crippen LogP contribution is -2.21. The first-order chi connectivity index (χ1) is 8.97. The summed E-state index contributed by atoms with van der Waals surface area (Å²) in [5, 5.41) is 5.12. The van der Waals surface area contributed by atoms with Crippen LogP contribution in [0.3, 0.4) is 0 Å². The van der Waals surface area contributed by atoms with E-state index in [1.165, 1.54) is 6.07 Å². The minimum absolute atomic E-state index is 0.144. The van der Waals surface area contributed by atoms with Crippen LogP contribution in [0.15, 0.2) is 23.1 Å². The Balaban J connectivity index is 2.00. The van der Waals surface area contributed by atoms with Gasteiger partial charge in [0.2, 0.25) is 10.0 Å². The molecule has 2 N–H and O–H groups in total. The molecule has 106 valence electrons. The van der Waals surface area contributed by atoms with Crippen molar-refractivity contribution in [3.05, 3.63) is 23.8 Å². The molecule has 0 saturated carbocycles. The smallest absolute Gasteiger partial charge is 0.238 e. The van der Waals surface area contributed by atoms with E-state index in [0.29, 0.717) is 23.8 Å². The highest BCUT2D eigenvalue weighted by Gasteiger charge is 2.15. The third-order valence-corrected chi connectivity index (χ3v) is 4.35. The average Bonchev–Trinajstić information content (AvgIpc) is 2.36. The Kier molecular flexibility index (Phi) is 4.44. The molecular formula is C13H19NO4S. The van der Waals surface area contributed by atoms with Gasteiger partial charge >= 0.3 is 0 Å².